The molecule has 2 N–H and O–H groups in total. The number of phosphoric ester groups is 1. The van der Waals surface area contributed by atoms with Crippen LogP contribution in [0.3, 0.4) is 0 Å². The molecule has 0 spiro atoms. The van der Waals surface area contributed by atoms with Gasteiger partial charge >= 0.3 is 13.8 Å². The number of allylic oxidation sites excluding steroid dienone is 15. The summed E-state index contributed by atoms with van der Waals surface area (Å²) in [6, 6.07) is -0.871. The Morgan fingerprint density at radius 2 is 0.865 bits per heavy atom. The second-order valence-corrected chi connectivity index (χ2v) is 22.6. The quantitative estimate of drug-likeness (QED) is 0.0205. The molecule has 426 valence electrons. The van der Waals surface area contributed by atoms with E-state index in [1.807, 2.05) is 33.3 Å². The molecule has 0 heterocycles. The van der Waals surface area contributed by atoms with Crippen molar-refractivity contribution < 1.29 is 37.3 Å². The minimum Gasteiger partial charge on any atom is -0.456 e. The van der Waals surface area contributed by atoms with Gasteiger partial charge in [0, 0.05) is 12.8 Å². The lowest BCUT2D eigenvalue weighted by atomic mass is 10.1. The first-order valence-corrected chi connectivity index (χ1v) is 31.6. The molecule has 0 rings (SSSR count). The van der Waals surface area contributed by atoms with Crippen LogP contribution in [-0.4, -0.2) is 74.3 Å². The minimum atomic E-state index is -4.46. The minimum absolute atomic E-state index is 0.0289. The number of hydrogen-bond donors (Lipinski definition) is 2. The highest BCUT2D eigenvalue weighted by Crippen LogP contribution is 2.43. The zero-order valence-corrected chi connectivity index (χ0v) is 49.4. The number of hydrogen-bond acceptors (Lipinski definition) is 6. The Labute approximate surface area is 456 Å². The van der Waals surface area contributed by atoms with E-state index in [1.165, 1.54) is 89.9 Å². The van der Waals surface area contributed by atoms with Gasteiger partial charge in [-0.25, -0.2) is 4.57 Å². The molecule has 0 radical (unpaired) electrons. The van der Waals surface area contributed by atoms with Crippen LogP contribution in [0, 0.1) is 0 Å². The van der Waals surface area contributed by atoms with E-state index in [0.29, 0.717) is 23.9 Å². The number of rotatable bonds is 53. The van der Waals surface area contributed by atoms with Crippen LogP contribution in [0.15, 0.2) is 97.2 Å². The predicted molar refractivity (Wildman–Crippen MR) is 318 cm³/mol. The normalized spacial score (nSPS) is 14.4. The van der Waals surface area contributed by atoms with Crippen LogP contribution in [0.5, 0.6) is 0 Å². The zero-order chi connectivity index (χ0) is 54.3. The zero-order valence-electron chi connectivity index (χ0n) is 48.6. The van der Waals surface area contributed by atoms with Gasteiger partial charge in [0.25, 0.3) is 0 Å². The van der Waals surface area contributed by atoms with Crippen LogP contribution >= 0.6 is 7.82 Å². The molecule has 0 saturated carbocycles. The molecule has 1 amide bonds. The summed E-state index contributed by atoms with van der Waals surface area (Å²) in [6.07, 6.45) is 71.2. The van der Waals surface area contributed by atoms with Crippen molar-refractivity contribution in [2.24, 2.45) is 0 Å². The number of ether oxygens (including phenoxy) is 1. The fourth-order valence-corrected chi connectivity index (χ4v) is 8.85. The van der Waals surface area contributed by atoms with Gasteiger partial charge in [0.2, 0.25) is 5.91 Å². The lowest BCUT2D eigenvalue weighted by Gasteiger charge is -2.27. The highest BCUT2D eigenvalue weighted by Gasteiger charge is 2.30. The molecule has 3 unspecified atom stereocenters. The van der Waals surface area contributed by atoms with Crippen LogP contribution in [-0.2, 0) is 27.9 Å². The average Bonchev–Trinajstić information content (AvgIpc) is 3.36. The van der Waals surface area contributed by atoms with E-state index in [1.54, 1.807) is 0 Å². The van der Waals surface area contributed by atoms with E-state index in [9.17, 15) is 19.0 Å². The molecule has 3 atom stereocenters. The Bertz CT molecular complexity index is 1590. The molecule has 74 heavy (non-hydrogen) atoms. The maximum atomic E-state index is 13.5. The van der Waals surface area contributed by atoms with Crippen molar-refractivity contribution in [1.82, 2.24) is 5.32 Å². The number of unbranched alkanes of at least 4 members (excludes halogenated alkanes) is 23. The van der Waals surface area contributed by atoms with Crippen LogP contribution in [0.1, 0.15) is 245 Å². The lowest BCUT2D eigenvalue weighted by molar-refractivity contribution is -0.870. The van der Waals surface area contributed by atoms with E-state index >= 15 is 0 Å². The molecule has 0 bridgehead atoms. The van der Waals surface area contributed by atoms with Crippen LogP contribution in [0.25, 0.3) is 0 Å². The molecule has 0 aromatic heterocycles. The van der Waals surface area contributed by atoms with Crippen LogP contribution in [0.2, 0.25) is 0 Å². The van der Waals surface area contributed by atoms with Crippen molar-refractivity contribution in [3.05, 3.63) is 97.2 Å². The molecule has 0 aromatic carbocycles. The number of likely N-dealkylation sites (N-methyl/N-ethyl adjacent to an activating group) is 1. The Kier molecular flexibility index (Phi) is 51.1. The number of amides is 1. The summed E-state index contributed by atoms with van der Waals surface area (Å²) in [7, 11) is 1.46. The number of quaternary nitrogens is 1. The first-order chi connectivity index (χ1) is 35.9. The van der Waals surface area contributed by atoms with Crippen molar-refractivity contribution >= 4 is 19.7 Å². The van der Waals surface area contributed by atoms with Crippen LogP contribution < -0.4 is 5.32 Å². The number of nitrogens with zero attached hydrogens (tertiary/aromatic N) is 1. The Morgan fingerprint density at radius 1 is 0.486 bits per heavy atom. The van der Waals surface area contributed by atoms with Crippen molar-refractivity contribution in [2.45, 2.75) is 258 Å². The monoisotopic (exact) mass is 1050 g/mol. The van der Waals surface area contributed by atoms with E-state index in [-0.39, 0.29) is 31.5 Å². The van der Waals surface area contributed by atoms with Crippen molar-refractivity contribution in [1.29, 1.82) is 0 Å². The largest absolute Gasteiger partial charge is 0.472 e. The van der Waals surface area contributed by atoms with Crippen LogP contribution in [0.4, 0.5) is 0 Å². The number of carbonyl (C=O) groups excluding carboxylic acids is 2. The number of nitrogens with one attached hydrogen (secondary N) is 1. The van der Waals surface area contributed by atoms with Crippen molar-refractivity contribution in [2.75, 3.05) is 40.9 Å². The molecule has 10 heteroatoms. The molecule has 0 fully saturated rings. The molecule has 0 aliphatic heterocycles. The smallest absolute Gasteiger partial charge is 0.456 e. The second-order valence-electron chi connectivity index (χ2n) is 21.1. The second kappa shape index (κ2) is 53.3. The average molecular weight is 1050 g/mol. The first-order valence-electron chi connectivity index (χ1n) is 30.1. The van der Waals surface area contributed by atoms with Gasteiger partial charge in [-0.15, -0.1) is 0 Å². The molecular formula is C64H114N2O7P+. The molecule has 9 nitrogen and oxygen atoms in total. The summed E-state index contributed by atoms with van der Waals surface area (Å²) in [5.41, 5.74) is 0. The summed E-state index contributed by atoms with van der Waals surface area (Å²) in [5, 5.41) is 3.03. The van der Waals surface area contributed by atoms with Crippen molar-refractivity contribution in [3.63, 3.8) is 0 Å². The molecule has 0 aromatic rings. The first kappa shape index (κ1) is 70.9. The lowest BCUT2D eigenvalue weighted by Crippen LogP contribution is -2.47. The highest BCUT2D eigenvalue weighted by atomic mass is 31.2. The molecule has 0 saturated heterocycles. The van der Waals surface area contributed by atoms with Gasteiger partial charge in [-0.2, -0.15) is 0 Å². The fourth-order valence-electron chi connectivity index (χ4n) is 8.11. The van der Waals surface area contributed by atoms with Gasteiger partial charge in [0.1, 0.15) is 19.3 Å². The van der Waals surface area contributed by atoms with Gasteiger partial charge in [0.05, 0.1) is 33.8 Å². The van der Waals surface area contributed by atoms with Gasteiger partial charge in [-0.3, -0.25) is 18.6 Å². The third-order valence-corrected chi connectivity index (χ3v) is 13.7. The maximum absolute atomic E-state index is 13.5. The van der Waals surface area contributed by atoms with E-state index in [4.69, 9.17) is 13.8 Å². The Hall–Kier alpha value is -3.07. The summed E-state index contributed by atoms with van der Waals surface area (Å²) in [5.74, 6) is -0.558. The molecule has 0 aliphatic carbocycles. The van der Waals surface area contributed by atoms with E-state index in [2.05, 4.69) is 111 Å². The fraction of sp³-hybridized carbons (Fsp3) is 0.719. The molecular weight excluding hydrogens is 940 g/mol. The van der Waals surface area contributed by atoms with Crippen molar-refractivity contribution in [3.8, 4) is 0 Å². The van der Waals surface area contributed by atoms with E-state index < -0.39 is 20.0 Å². The number of carbonyl (C=O) groups is 2. The Morgan fingerprint density at radius 3 is 1.32 bits per heavy atom. The topological polar surface area (TPSA) is 111 Å². The summed E-state index contributed by atoms with van der Waals surface area (Å²) in [4.78, 5) is 37.6. The summed E-state index contributed by atoms with van der Waals surface area (Å²) >= 11 is 0. The maximum Gasteiger partial charge on any atom is 0.472 e. The number of esters is 1. The summed E-state index contributed by atoms with van der Waals surface area (Å²) in [6.45, 7) is 6.85. The number of phosphoric acid groups is 1. The summed E-state index contributed by atoms with van der Waals surface area (Å²) < 4.78 is 30.6. The third kappa shape index (κ3) is 53.7. The standard InChI is InChI=1S/C64H113N2O7P/c1-7-10-13-16-19-22-25-28-29-30-31-32-33-34-35-36-37-39-42-45-48-51-54-57-64(68)73-62(55-52-49-46-43-40-27-24-21-18-15-12-9-3)61(60-72-74(69,70)71-59-58-66(4,5)6)65-63(67)56-53-50-47-44-41-38-26-23-20-17-14-11-8-2/h10,13,19,22,28-29,31-32,34-35,37-39,41,52,55,61-62H,7-9,11-12,14-18,20-21,23-27,30,33,36,40,42-51,53-54,56-60H2,1-6H3,(H-,65,67,69,70)/p+1/b13-10-,22-19-,29-28-,32-31-,35-34-,39-37-,41-38-,55-52-. The van der Waals surface area contributed by atoms with Gasteiger partial charge in [-0.1, -0.05) is 221 Å². The highest BCUT2D eigenvalue weighted by molar-refractivity contribution is 7.47. The van der Waals surface area contributed by atoms with E-state index in [0.717, 1.165) is 116 Å². The SMILES string of the molecule is CC/C=C\C/C=C\C/C=C\C/C=C\C/C=C\C/C=C\CCCCCCC(=O)OC(/C=C\CCCCCCCCCCCC)C(COP(=O)(O)OCC[N+](C)(C)C)NC(=O)CCCCC/C=C\CCCCCCCC. The Balaban J connectivity index is 5.32. The predicted octanol–water partition coefficient (Wildman–Crippen LogP) is 18.4. The van der Waals surface area contributed by atoms with Gasteiger partial charge < -0.3 is 19.4 Å². The third-order valence-electron chi connectivity index (χ3n) is 12.8. The van der Waals surface area contributed by atoms with Gasteiger partial charge in [-0.05, 0) is 109 Å². The molecule has 0 aliphatic rings. The van der Waals surface area contributed by atoms with Gasteiger partial charge in [0.15, 0.2) is 0 Å².